The van der Waals surface area contributed by atoms with E-state index in [-0.39, 0.29) is 23.4 Å². The summed E-state index contributed by atoms with van der Waals surface area (Å²) in [6.07, 6.45) is 3.70. The van der Waals surface area contributed by atoms with Gasteiger partial charge in [0.2, 0.25) is 0 Å². The molecule has 2 heterocycles. The topological polar surface area (TPSA) is 66.1 Å². The summed E-state index contributed by atoms with van der Waals surface area (Å²) in [7, 11) is 0. The first-order valence-corrected chi connectivity index (χ1v) is 10.2. The van der Waals surface area contributed by atoms with Crippen molar-refractivity contribution < 1.29 is 9.84 Å². The highest BCUT2D eigenvalue weighted by atomic mass is 35.5. The molecule has 4 nitrogen and oxygen atoms in total. The van der Waals surface area contributed by atoms with E-state index in [4.69, 9.17) is 16.3 Å². The first-order valence-electron chi connectivity index (χ1n) is 8.63. The molecule has 0 saturated heterocycles. The zero-order chi connectivity index (χ0) is 19.8. The molecule has 1 N–H and O–H groups in total. The Bertz CT molecular complexity index is 921. The Hall–Kier alpha value is -2.00. The summed E-state index contributed by atoms with van der Waals surface area (Å²) in [5, 5.41) is 20.6. The quantitative estimate of drug-likeness (QED) is 0.414. The number of thioether (sulfide) groups is 1. The molecule has 0 aliphatic carbocycles. The molecule has 27 heavy (non-hydrogen) atoms. The zero-order valence-electron chi connectivity index (χ0n) is 15.5. The van der Waals surface area contributed by atoms with E-state index in [1.54, 1.807) is 17.8 Å². The first-order chi connectivity index (χ1) is 12.9. The number of nitriles is 1. The lowest BCUT2D eigenvalue weighted by Gasteiger charge is -2.27. The van der Waals surface area contributed by atoms with Gasteiger partial charge in [0.15, 0.2) is 0 Å². The predicted octanol–water partition coefficient (Wildman–Crippen LogP) is 5.39. The highest BCUT2D eigenvalue weighted by Crippen LogP contribution is 2.50. The smallest absolute Gasteiger partial charge is 0.144 e. The molecule has 140 valence electrons. The number of benzene rings is 1. The second kappa shape index (κ2) is 7.55. The monoisotopic (exact) mass is 400 g/mol. The molecule has 0 bridgehead atoms. The third kappa shape index (κ3) is 3.12. The molecule has 0 saturated carbocycles. The summed E-state index contributed by atoms with van der Waals surface area (Å²) in [6.45, 7) is 7.95. The Labute approximate surface area is 168 Å². The Morgan fingerprint density at radius 2 is 2.07 bits per heavy atom. The van der Waals surface area contributed by atoms with Gasteiger partial charge in [-0.25, -0.2) is 4.98 Å². The van der Waals surface area contributed by atoms with Crippen LogP contribution in [0.2, 0.25) is 5.15 Å². The minimum Gasteiger partial charge on any atom is -0.506 e. The number of aromatic nitrogens is 1. The molecule has 1 aliphatic heterocycles. The van der Waals surface area contributed by atoms with Gasteiger partial charge >= 0.3 is 0 Å². The summed E-state index contributed by atoms with van der Waals surface area (Å²) in [6, 6.07) is 10.2. The van der Waals surface area contributed by atoms with E-state index in [1.807, 2.05) is 44.4 Å². The van der Waals surface area contributed by atoms with Crippen LogP contribution in [0.5, 0.6) is 5.75 Å². The van der Waals surface area contributed by atoms with Crippen molar-refractivity contribution >= 4 is 23.4 Å². The average molecular weight is 401 g/mol. The van der Waals surface area contributed by atoms with Crippen LogP contribution in [0.4, 0.5) is 0 Å². The van der Waals surface area contributed by atoms with Crippen LogP contribution < -0.4 is 0 Å². The number of nitrogens with zero attached hydrogens (tertiary/aromatic N) is 2. The lowest BCUT2D eigenvalue weighted by Crippen LogP contribution is -2.25. The van der Waals surface area contributed by atoms with Crippen LogP contribution in [0, 0.1) is 17.2 Å². The highest BCUT2D eigenvalue weighted by Gasteiger charge is 2.44. The predicted molar refractivity (Wildman–Crippen MR) is 108 cm³/mol. The molecular weight excluding hydrogens is 380 g/mol. The number of fused-ring (bicyclic) bond motifs is 1. The molecule has 0 radical (unpaired) electrons. The Kier molecular flexibility index (Phi) is 5.53. The summed E-state index contributed by atoms with van der Waals surface area (Å²) in [5.41, 5.74) is 1.35. The van der Waals surface area contributed by atoms with Crippen molar-refractivity contribution in [3.05, 3.63) is 64.5 Å². The fourth-order valence-electron chi connectivity index (χ4n) is 3.48. The number of hydrogen-bond acceptors (Lipinski definition) is 5. The Morgan fingerprint density at radius 3 is 2.59 bits per heavy atom. The second-order valence-corrected chi connectivity index (χ2v) is 8.04. The standard InChI is InChI=1S/C21H21ClN2O2S/c1-5-21(13-6-8-14(27-4)9-7-13)17-16(11-26-21)19(25)18(24-20(17)22)15(10-23)12(2)3/h5-9,12,15,25H,1,11H2,2-4H3. The van der Waals surface area contributed by atoms with E-state index < -0.39 is 11.5 Å². The van der Waals surface area contributed by atoms with Gasteiger partial charge in [-0.1, -0.05) is 50.2 Å². The van der Waals surface area contributed by atoms with Crippen molar-refractivity contribution in [2.45, 2.75) is 36.9 Å². The van der Waals surface area contributed by atoms with Crippen LogP contribution in [-0.2, 0) is 16.9 Å². The van der Waals surface area contributed by atoms with Gasteiger partial charge in [-0.05, 0) is 29.9 Å². The maximum atomic E-state index is 10.9. The molecule has 2 aromatic rings. The molecular formula is C21H21ClN2O2S. The molecule has 2 atom stereocenters. The molecule has 6 heteroatoms. The minimum atomic E-state index is -0.980. The number of aromatic hydroxyl groups is 1. The van der Waals surface area contributed by atoms with Crippen molar-refractivity contribution in [2.24, 2.45) is 5.92 Å². The molecule has 1 aromatic heterocycles. The van der Waals surface area contributed by atoms with Crippen molar-refractivity contribution in [3.8, 4) is 11.8 Å². The number of halogens is 1. The van der Waals surface area contributed by atoms with E-state index >= 15 is 0 Å². The van der Waals surface area contributed by atoms with E-state index in [0.717, 1.165) is 10.5 Å². The van der Waals surface area contributed by atoms with Crippen LogP contribution in [0.3, 0.4) is 0 Å². The third-order valence-electron chi connectivity index (χ3n) is 4.98. The Balaban J connectivity index is 2.20. The van der Waals surface area contributed by atoms with Crippen molar-refractivity contribution in [1.82, 2.24) is 4.98 Å². The van der Waals surface area contributed by atoms with E-state index in [1.165, 1.54) is 0 Å². The maximum Gasteiger partial charge on any atom is 0.144 e. The number of pyridine rings is 1. The molecule has 2 unspecified atom stereocenters. The zero-order valence-corrected chi connectivity index (χ0v) is 17.1. The average Bonchev–Trinajstić information content (AvgIpc) is 3.07. The minimum absolute atomic E-state index is 0.00640. The molecule has 1 aromatic carbocycles. The largest absolute Gasteiger partial charge is 0.506 e. The van der Waals surface area contributed by atoms with Gasteiger partial charge in [-0.15, -0.1) is 11.8 Å². The highest BCUT2D eigenvalue weighted by molar-refractivity contribution is 7.98. The maximum absolute atomic E-state index is 10.9. The van der Waals surface area contributed by atoms with Gasteiger partial charge < -0.3 is 9.84 Å². The van der Waals surface area contributed by atoms with Crippen LogP contribution in [-0.4, -0.2) is 16.3 Å². The number of hydrogen-bond donors (Lipinski definition) is 1. The fourth-order valence-corrected chi connectivity index (χ4v) is 4.23. The van der Waals surface area contributed by atoms with Crippen molar-refractivity contribution in [1.29, 1.82) is 5.26 Å². The van der Waals surface area contributed by atoms with Gasteiger partial charge in [0, 0.05) is 16.0 Å². The molecule has 0 amide bonds. The summed E-state index contributed by atoms with van der Waals surface area (Å²) < 4.78 is 6.12. The van der Waals surface area contributed by atoms with Gasteiger partial charge in [0.05, 0.1) is 18.6 Å². The summed E-state index contributed by atoms with van der Waals surface area (Å²) in [4.78, 5) is 5.53. The lowest BCUT2D eigenvalue weighted by atomic mass is 9.85. The van der Waals surface area contributed by atoms with Crippen molar-refractivity contribution in [2.75, 3.05) is 6.26 Å². The fraction of sp³-hybridized carbons (Fsp3) is 0.333. The SMILES string of the molecule is C=CC1(c2ccc(SC)cc2)OCc2c(O)c(C(C#N)C(C)C)nc(Cl)c21. The second-order valence-electron chi connectivity index (χ2n) is 6.80. The Morgan fingerprint density at radius 1 is 1.41 bits per heavy atom. The summed E-state index contributed by atoms with van der Waals surface area (Å²) in [5.74, 6) is -0.570. The van der Waals surface area contributed by atoms with E-state index in [2.05, 4.69) is 17.6 Å². The van der Waals surface area contributed by atoms with Gasteiger partial charge in [-0.3, -0.25) is 0 Å². The molecule has 3 rings (SSSR count). The van der Waals surface area contributed by atoms with Gasteiger partial charge in [0.25, 0.3) is 0 Å². The van der Waals surface area contributed by atoms with Crippen LogP contribution in [0.15, 0.2) is 41.8 Å². The summed E-state index contributed by atoms with van der Waals surface area (Å²) >= 11 is 8.21. The van der Waals surface area contributed by atoms with Crippen molar-refractivity contribution in [3.63, 3.8) is 0 Å². The normalized spacial score (nSPS) is 19.6. The number of rotatable bonds is 5. The van der Waals surface area contributed by atoms with Gasteiger partial charge in [-0.2, -0.15) is 5.26 Å². The van der Waals surface area contributed by atoms with Crippen LogP contribution >= 0.6 is 23.4 Å². The molecule has 1 aliphatic rings. The number of ether oxygens (including phenoxy) is 1. The van der Waals surface area contributed by atoms with E-state index in [0.29, 0.717) is 16.8 Å². The van der Waals surface area contributed by atoms with E-state index in [9.17, 15) is 10.4 Å². The van der Waals surface area contributed by atoms with Crippen LogP contribution in [0.25, 0.3) is 0 Å². The molecule has 0 spiro atoms. The first kappa shape index (κ1) is 19.8. The van der Waals surface area contributed by atoms with Gasteiger partial charge in [0.1, 0.15) is 22.2 Å². The third-order valence-corrected chi connectivity index (χ3v) is 5.99. The molecule has 0 fully saturated rings. The lowest BCUT2D eigenvalue weighted by molar-refractivity contribution is 0.0326. The van der Waals surface area contributed by atoms with Crippen LogP contribution in [0.1, 0.15) is 42.1 Å².